The molecule has 1 amide bonds. The second-order valence-electron chi connectivity index (χ2n) is 4.44. The van der Waals surface area contributed by atoms with E-state index in [1.54, 1.807) is 0 Å². The van der Waals surface area contributed by atoms with E-state index in [2.05, 4.69) is 19.2 Å². The van der Waals surface area contributed by atoms with E-state index in [0.29, 0.717) is 6.54 Å². The Balaban J connectivity index is 2.18. The van der Waals surface area contributed by atoms with Gasteiger partial charge in [-0.25, -0.2) is 0 Å². The zero-order chi connectivity index (χ0) is 10.6. The first-order chi connectivity index (χ1) is 6.69. The predicted octanol–water partition coefficient (Wildman–Crippen LogP) is 1.13. The van der Waals surface area contributed by atoms with E-state index in [-0.39, 0.29) is 11.8 Å². The molecule has 0 aromatic carbocycles. The minimum Gasteiger partial charge on any atom is -0.356 e. The van der Waals surface area contributed by atoms with Crippen LogP contribution in [0.2, 0.25) is 0 Å². The summed E-state index contributed by atoms with van der Waals surface area (Å²) >= 11 is 0. The van der Waals surface area contributed by atoms with Gasteiger partial charge < -0.3 is 11.1 Å². The van der Waals surface area contributed by atoms with Gasteiger partial charge in [-0.05, 0) is 24.7 Å². The van der Waals surface area contributed by atoms with Gasteiger partial charge in [0.25, 0.3) is 0 Å². The largest absolute Gasteiger partial charge is 0.356 e. The van der Waals surface area contributed by atoms with Crippen LogP contribution >= 0.6 is 0 Å². The smallest absolute Gasteiger partial charge is 0.224 e. The number of carbonyl (C=O) groups is 1. The maximum Gasteiger partial charge on any atom is 0.224 e. The molecular formula is C11H22N2O. The summed E-state index contributed by atoms with van der Waals surface area (Å²) in [5, 5.41) is 2.99. The van der Waals surface area contributed by atoms with E-state index in [1.807, 2.05) is 0 Å². The summed E-state index contributed by atoms with van der Waals surface area (Å²) in [5.41, 5.74) is 5.55. The van der Waals surface area contributed by atoms with Crippen LogP contribution in [0.5, 0.6) is 0 Å². The molecule has 0 heterocycles. The molecule has 0 spiro atoms. The van der Waals surface area contributed by atoms with Crippen LogP contribution in [0.4, 0.5) is 0 Å². The monoisotopic (exact) mass is 198 g/mol. The van der Waals surface area contributed by atoms with Gasteiger partial charge in [0.05, 0.1) is 5.92 Å². The van der Waals surface area contributed by atoms with Gasteiger partial charge >= 0.3 is 0 Å². The minimum absolute atomic E-state index is 0.0223. The van der Waals surface area contributed by atoms with Gasteiger partial charge in [-0.2, -0.15) is 0 Å². The Morgan fingerprint density at radius 3 is 2.71 bits per heavy atom. The second-order valence-corrected chi connectivity index (χ2v) is 4.44. The van der Waals surface area contributed by atoms with Crippen molar-refractivity contribution in [1.82, 2.24) is 5.32 Å². The van der Waals surface area contributed by atoms with Crippen molar-refractivity contribution in [3.8, 4) is 0 Å². The maximum atomic E-state index is 11.6. The van der Waals surface area contributed by atoms with Gasteiger partial charge in [-0.1, -0.05) is 20.3 Å². The highest BCUT2D eigenvalue weighted by Crippen LogP contribution is 2.36. The fourth-order valence-electron chi connectivity index (χ4n) is 1.76. The highest BCUT2D eigenvalue weighted by Gasteiger charge is 2.32. The first-order valence-corrected chi connectivity index (χ1v) is 5.66. The average Bonchev–Trinajstić information content (AvgIpc) is 2.87. The van der Waals surface area contributed by atoms with Crippen LogP contribution in [0.3, 0.4) is 0 Å². The second kappa shape index (κ2) is 5.35. The average molecular weight is 198 g/mol. The Bertz CT molecular complexity index is 194. The molecule has 0 radical (unpaired) electrons. The Kier molecular flexibility index (Phi) is 4.39. The Hall–Kier alpha value is -0.570. The first kappa shape index (κ1) is 11.5. The van der Waals surface area contributed by atoms with Gasteiger partial charge in [0, 0.05) is 13.1 Å². The van der Waals surface area contributed by atoms with Crippen molar-refractivity contribution >= 4 is 5.91 Å². The van der Waals surface area contributed by atoms with Crippen LogP contribution in [0.1, 0.15) is 33.1 Å². The van der Waals surface area contributed by atoms with Crippen molar-refractivity contribution in [2.45, 2.75) is 33.1 Å². The molecule has 1 saturated carbocycles. The number of hydrogen-bond donors (Lipinski definition) is 2. The molecule has 0 aromatic rings. The lowest BCUT2D eigenvalue weighted by Crippen LogP contribution is -2.36. The zero-order valence-electron chi connectivity index (χ0n) is 9.25. The van der Waals surface area contributed by atoms with Crippen LogP contribution < -0.4 is 11.1 Å². The van der Waals surface area contributed by atoms with Gasteiger partial charge in [-0.15, -0.1) is 0 Å². The number of rotatable bonds is 6. The third-order valence-electron chi connectivity index (χ3n) is 3.11. The highest BCUT2D eigenvalue weighted by molar-refractivity contribution is 5.78. The lowest BCUT2D eigenvalue weighted by molar-refractivity contribution is -0.125. The van der Waals surface area contributed by atoms with Gasteiger partial charge in [0.2, 0.25) is 5.91 Å². The van der Waals surface area contributed by atoms with Gasteiger partial charge in [0.15, 0.2) is 0 Å². The van der Waals surface area contributed by atoms with Crippen molar-refractivity contribution in [2.75, 3.05) is 13.1 Å². The van der Waals surface area contributed by atoms with Crippen molar-refractivity contribution < 1.29 is 4.79 Å². The first-order valence-electron chi connectivity index (χ1n) is 5.66. The van der Waals surface area contributed by atoms with Crippen LogP contribution in [-0.2, 0) is 4.79 Å². The third kappa shape index (κ3) is 3.29. The molecule has 3 atom stereocenters. The van der Waals surface area contributed by atoms with Gasteiger partial charge in [0.1, 0.15) is 0 Å². The summed E-state index contributed by atoms with van der Waals surface area (Å²) in [7, 11) is 0. The van der Waals surface area contributed by atoms with Crippen molar-refractivity contribution in [3.05, 3.63) is 0 Å². The van der Waals surface area contributed by atoms with E-state index in [0.717, 1.165) is 31.2 Å². The summed E-state index contributed by atoms with van der Waals surface area (Å²) < 4.78 is 0. The predicted molar refractivity (Wildman–Crippen MR) is 57.7 cm³/mol. The molecule has 1 aliphatic rings. The fraction of sp³-hybridized carbons (Fsp3) is 0.909. The molecular weight excluding hydrogens is 176 g/mol. The number of carbonyl (C=O) groups excluding carboxylic acids is 1. The fourth-order valence-corrected chi connectivity index (χ4v) is 1.76. The zero-order valence-corrected chi connectivity index (χ0v) is 9.25. The Morgan fingerprint density at radius 1 is 1.64 bits per heavy atom. The molecule has 3 heteroatoms. The topological polar surface area (TPSA) is 55.1 Å². The summed E-state index contributed by atoms with van der Waals surface area (Å²) in [6.45, 7) is 5.63. The Morgan fingerprint density at radius 2 is 2.29 bits per heavy atom. The van der Waals surface area contributed by atoms with E-state index in [1.165, 1.54) is 6.42 Å². The molecule has 82 valence electrons. The summed E-state index contributed by atoms with van der Waals surface area (Å²) in [6.07, 6.45) is 3.19. The molecule has 0 aliphatic heterocycles. The van der Waals surface area contributed by atoms with E-state index < -0.39 is 0 Å². The molecule has 0 bridgehead atoms. The van der Waals surface area contributed by atoms with Crippen LogP contribution in [0.25, 0.3) is 0 Å². The van der Waals surface area contributed by atoms with Crippen molar-refractivity contribution in [3.63, 3.8) is 0 Å². The number of amides is 1. The molecule has 1 fully saturated rings. The molecule has 3 N–H and O–H groups in total. The molecule has 14 heavy (non-hydrogen) atoms. The van der Waals surface area contributed by atoms with E-state index >= 15 is 0 Å². The van der Waals surface area contributed by atoms with Crippen LogP contribution in [0, 0.1) is 17.8 Å². The van der Waals surface area contributed by atoms with Crippen LogP contribution in [0.15, 0.2) is 0 Å². The standard InChI is InChI=1S/C11H22N2O/c1-3-4-9(6-12)11(14)13-7-10-5-8(10)2/h8-10H,3-7,12H2,1-2H3,(H,13,14). The summed E-state index contributed by atoms with van der Waals surface area (Å²) in [4.78, 5) is 11.6. The highest BCUT2D eigenvalue weighted by atomic mass is 16.1. The molecule has 3 unspecified atom stereocenters. The molecule has 1 aliphatic carbocycles. The minimum atomic E-state index is 0.0223. The molecule has 1 rings (SSSR count). The molecule has 0 aromatic heterocycles. The number of nitrogens with one attached hydrogen (secondary N) is 1. The summed E-state index contributed by atoms with van der Waals surface area (Å²) in [6, 6.07) is 0. The molecule has 3 nitrogen and oxygen atoms in total. The van der Waals surface area contributed by atoms with Crippen LogP contribution in [-0.4, -0.2) is 19.0 Å². The van der Waals surface area contributed by atoms with E-state index in [4.69, 9.17) is 5.73 Å². The van der Waals surface area contributed by atoms with E-state index in [9.17, 15) is 4.79 Å². The van der Waals surface area contributed by atoms with Crippen molar-refractivity contribution in [1.29, 1.82) is 0 Å². The lowest BCUT2D eigenvalue weighted by Gasteiger charge is -2.13. The molecule has 0 saturated heterocycles. The number of nitrogens with two attached hydrogens (primary N) is 1. The lowest BCUT2D eigenvalue weighted by atomic mass is 10.0. The SMILES string of the molecule is CCCC(CN)C(=O)NCC1CC1C. The normalized spacial score (nSPS) is 27.1. The Labute approximate surface area is 86.4 Å². The quantitative estimate of drug-likeness (QED) is 0.672. The van der Waals surface area contributed by atoms with Crippen molar-refractivity contribution in [2.24, 2.45) is 23.5 Å². The summed E-state index contributed by atoms with van der Waals surface area (Å²) in [5.74, 6) is 1.69. The maximum absolute atomic E-state index is 11.6. The number of hydrogen-bond acceptors (Lipinski definition) is 2. The third-order valence-corrected chi connectivity index (χ3v) is 3.11. The van der Waals surface area contributed by atoms with Gasteiger partial charge in [-0.3, -0.25) is 4.79 Å².